The minimum atomic E-state index is -1.06. The molecule has 0 aliphatic carbocycles. The molecule has 0 aliphatic rings. The molecule has 138 valence electrons. The number of rotatable bonds is 6. The van der Waals surface area contributed by atoms with Crippen molar-refractivity contribution in [3.8, 4) is 0 Å². The van der Waals surface area contributed by atoms with Gasteiger partial charge in [0.1, 0.15) is 11.6 Å². The molecule has 7 nitrogen and oxygen atoms in total. The molecular formula is C18H26N2O5. The van der Waals surface area contributed by atoms with Crippen LogP contribution < -0.4 is 10.6 Å². The number of carbonyl (C=O) groups is 3. The molecule has 0 radical (unpaired) electrons. The van der Waals surface area contributed by atoms with Gasteiger partial charge in [-0.25, -0.2) is 9.59 Å². The Kier molecular flexibility index (Phi) is 6.97. The predicted octanol–water partition coefficient (Wildman–Crippen LogP) is 2.72. The van der Waals surface area contributed by atoms with Gasteiger partial charge in [-0.15, -0.1) is 0 Å². The first kappa shape index (κ1) is 20.5. The first-order chi connectivity index (χ1) is 11.5. The number of carboxylic acid groups (broad SMARTS) is 1. The summed E-state index contributed by atoms with van der Waals surface area (Å²) in [5.74, 6) is -1.20. The Balaban J connectivity index is 2.99. The zero-order chi connectivity index (χ0) is 19.2. The summed E-state index contributed by atoms with van der Waals surface area (Å²) in [7, 11) is 0. The second-order valence-corrected chi connectivity index (χ2v) is 7.15. The number of amides is 2. The van der Waals surface area contributed by atoms with Crippen molar-refractivity contribution in [1.29, 1.82) is 0 Å². The van der Waals surface area contributed by atoms with E-state index in [9.17, 15) is 14.4 Å². The van der Waals surface area contributed by atoms with Crippen LogP contribution in [0.1, 0.15) is 56.6 Å². The van der Waals surface area contributed by atoms with Crippen LogP contribution in [0.2, 0.25) is 0 Å². The molecular weight excluding hydrogens is 324 g/mol. The molecule has 0 aliphatic heterocycles. The first-order valence-electron chi connectivity index (χ1n) is 8.10. The van der Waals surface area contributed by atoms with Crippen LogP contribution in [0.15, 0.2) is 24.3 Å². The van der Waals surface area contributed by atoms with Gasteiger partial charge in [0.25, 0.3) is 0 Å². The standard InChI is InChI=1S/C18H26N2O5/c1-11(2)10-19-15(21)14(20-17(24)25-18(3,4)5)12-6-8-13(9-7-12)16(22)23/h6-9,11,14H,10H2,1-5H3,(H,19,21)(H,20,24)(H,22,23)/t14-/m0/s1. The predicted molar refractivity (Wildman–Crippen MR) is 93.4 cm³/mol. The number of carbonyl (C=O) groups excluding carboxylic acids is 2. The largest absolute Gasteiger partial charge is 0.478 e. The third-order valence-electron chi connectivity index (χ3n) is 3.10. The van der Waals surface area contributed by atoms with Crippen molar-refractivity contribution >= 4 is 18.0 Å². The van der Waals surface area contributed by atoms with Crippen molar-refractivity contribution < 1.29 is 24.2 Å². The molecule has 25 heavy (non-hydrogen) atoms. The van der Waals surface area contributed by atoms with E-state index in [1.807, 2.05) is 13.8 Å². The molecule has 0 heterocycles. The van der Waals surface area contributed by atoms with E-state index in [2.05, 4.69) is 10.6 Å². The Bertz CT molecular complexity index is 617. The number of ether oxygens (including phenoxy) is 1. The van der Waals surface area contributed by atoms with Crippen LogP contribution in [0.3, 0.4) is 0 Å². The van der Waals surface area contributed by atoms with Crippen LogP contribution in [0.5, 0.6) is 0 Å². The smallest absolute Gasteiger partial charge is 0.408 e. The Morgan fingerprint density at radius 1 is 1.12 bits per heavy atom. The van der Waals surface area contributed by atoms with Gasteiger partial charge in [-0.2, -0.15) is 0 Å². The fraction of sp³-hybridized carbons (Fsp3) is 0.500. The SMILES string of the molecule is CC(C)CNC(=O)[C@@H](NC(=O)OC(C)(C)C)c1ccc(C(=O)O)cc1. The normalized spacial score (nSPS) is 12.4. The van der Waals surface area contributed by atoms with Gasteiger partial charge in [0, 0.05) is 6.54 Å². The zero-order valence-corrected chi connectivity index (χ0v) is 15.3. The summed E-state index contributed by atoms with van der Waals surface area (Å²) in [5, 5.41) is 14.3. The third-order valence-corrected chi connectivity index (χ3v) is 3.10. The third kappa shape index (κ3) is 7.24. The quantitative estimate of drug-likeness (QED) is 0.732. The van der Waals surface area contributed by atoms with Crippen LogP contribution in [0, 0.1) is 5.92 Å². The van der Waals surface area contributed by atoms with Gasteiger partial charge < -0.3 is 20.5 Å². The summed E-state index contributed by atoms with van der Waals surface area (Å²) < 4.78 is 5.20. The molecule has 0 bridgehead atoms. The summed E-state index contributed by atoms with van der Waals surface area (Å²) in [6.45, 7) is 9.54. The van der Waals surface area contributed by atoms with Gasteiger partial charge in [-0.05, 0) is 44.4 Å². The first-order valence-corrected chi connectivity index (χ1v) is 8.10. The molecule has 3 N–H and O–H groups in total. The minimum Gasteiger partial charge on any atom is -0.478 e. The van der Waals surface area contributed by atoms with E-state index < -0.39 is 23.7 Å². The van der Waals surface area contributed by atoms with Crippen LogP contribution in [-0.4, -0.2) is 35.2 Å². The molecule has 2 amide bonds. The Labute approximate surface area is 147 Å². The molecule has 1 aromatic carbocycles. The number of alkyl carbamates (subject to hydrolysis) is 1. The molecule has 7 heteroatoms. The van der Waals surface area contributed by atoms with Crippen molar-refractivity contribution in [3.63, 3.8) is 0 Å². The molecule has 1 aromatic rings. The topological polar surface area (TPSA) is 105 Å². The lowest BCUT2D eigenvalue weighted by Gasteiger charge is -2.24. The number of carboxylic acids is 1. The van der Waals surface area contributed by atoms with E-state index in [1.54, 1.807) is 20.8 Å². The Morgan fingerprint density at radius 3 is 2.12 bits per heavy atom. The van der Waals surface area contributed by atoms with Crippen molar-refractivity contribution in [3.05, 3.63) is 35.4 Å². The van der Waals surface area contributed by atoms with E-state index in [1.165, 1.54) is 24.3 Å². The molecule has 0 saturated heterocycles. The van der Waals surface area contributed by atoms with Gasteiger partial charge in [-0.3, -0.25) is 4.79 Å². The van der Waals surface area contributed by atoms with E-state index >= 15 is 0 Å². The van der Waals surface area contributed by atoms with Crippen LogP contribution in [0.4, 0.5) is 4.79 Å². The second kappa shape index (κ2) is 8.50. The number of hydrogen-bond acceptors (Lipinski definition) is 4. The summed E-state index contributed by atoms with van der Waals surface area (Å²) >= 11 is 0. The number of hydrogen-bond donors (Lipinski definition) is 3. The van der Waals surface area contributed by atoms with Gasteiger partial charge in [0.15, 0.2) is 0 Å². The fourth-order valence-corrected chi connectivity index (χ4v) is 1.95. The van der Waals surface area contributed by atoms with E-state index in [-0.39, 0.29) is 17.4 Å². The van der Waals surface area contributed by atoms with Crippen molar-refractivity contribution in [2.75, 3.05) is 6.54 Å². The van der Waals surface area contributed by atoms with Crippen molar-refractivity contribution in [1.82, 2.24) is 10.6 Å². The lowest BCUT2D eigenvalue weighted by molar-refractivity contribution is -0.123. The fourth-order valence-electron chi connectivity index (χ4n) is 1.95. The number of nitrogens with one attached hydrogen (secondary N) is 2. The maximum atomic E-state index is 12.5. The molecule has 0 fully saturated rings. The summed E-state index contributed by atoms with van der Waals surface area (Å²) in [5.41, 5.74) is -0.129. The van der Waals surface area contributed by atoms with Crippen molar-refractivity contribution in [2.24, 2.45) is 5.92 Å². The van der Waals surface area contributed by atoms with E-state index in [0.29, 0.717) is 12.1 Å². The van der Waals surface area contributed by atoms with Crippen LogP contribution in [0.25, 0.3) is 0 Å². The molecule has 0 spiro atoms. The highest BCUT2D eigenvalue weighted by Crippen LogP contribution is 2.16. The van der Waals surface area contributed by atoms with Crippen LogP contribution >= 0.6 is 0 Å². The summed E-state index contributed by atoms with van der Waals surface area (Å²) in [6, 6.07) is 4.80. The lowest BCUT2D eigenvalue weighted by atomic mass is 10.0. The van der Waals surface area contributed by atoms with Gasteiger partial charge >= 0.3 is 12.1 Å². The average molecular weight is 350 g/mol. The highest BCUT2D eigenvalue weighted by molar-refractivity contribution is 5.89. The average Bonchev–Trinajstić information content (AvgIpc) is 2.48. The minimum absolute atomic E-state index is 0.0994. The van der Waals surface area contributed by atoms with Gasteiger partial charge in [0.2, 0.25) is 5.91 Å². The maximum Gasteiger partial charge on any atom is 0.408 e. The molecule has 1 atom stereocenters. The molecule has 0 unspecified atom stereocenters. The highest BCUT2D eigenvalue weighted by atomic mass is 16.6. The van der Waals surface area contributed by atoms with E-state index in [4.69, 9.17) is 9.84 Å². The van der Waals surface area contributed by atoms with Gasteiger partial charge in [-0.1, -0.05) is 26.0 Å². The van der Waals surface area contributed by atoms with Crippen molar-refractivity contribution in [2.45, 2.75) is 46.3 Å². The van der Waals surface area contributed by atoms with Crippen LogP contribution in [-0.2, 0) is 9.53 Å². The monoisotopic (exact) mass is 350 g/mol. The lowest BCUT2D eigenvalue weighted by Crippen LogP contribution is -2.43. The maximum absolute atomic E-state index is 12.5. The summed E-state index contributed by atoms with van der Waals surface area (Å²) in [6.07, 6.45) is -0.723. The van der Waals surface area contributed by atoms with Gasteiger partial charge in [0.05, 0.1) is 5.56 Å². The highest BCUT2D eigenvalue weighted by Gasteiger charge is 2.26. The molecule has 0 aromatic heterocycles. The molecule has 0 saturated carbocycles. The number of aromatic carboxylic acids is 1. The molecule has 1 rings (SSSR count). The Morgan fingerprint density at radius 2 is 1.68 bits per heavy atom. The second-order valence-electron chi connectivity index (χ2n) is 7.15. The Hall–Kier alpha value is -2.57. The van der Waals surface area contributed by atoms with E-state index in [0.717, 1.165) is 0 Å². The number of benzene rings is 1. The zero-order valence-electron chi connectivity index (χ0n) is 15.3. The summed E-state index contributed by atoms with van der Waals surface area (Å²) in [4.78, 5) is 35.5.